The average Bonchev–Trinajstić information content (AvgIpc) is 2.96. The summed E-state index contributed by atoms with van der Waals surface area (Å²) in [5.74, 6) is 2.11. The van der Waals surface area contributed by atoms with Crippen LogP contribution in [0, 0.1) is 0 Å². The standard InChI is InChI=1S/C28H58O8S2Si2/c1-7-31-39(32-8-2,33-9-3)27(19-13-15-23-29-27)21-17-25-37-38-26-18-22-28(20-14-16-24-30-28)40(34-10-4,35-11-5)36-12-6/h7-26H2,1-6H3. The Morgan fingerprint density at radius 2 is 0.850 bits per heavy atom. The van der Waals surface area contributed by atoms with Gasteiger partial charge < -0.3 is 36.0 Å². The molecule has 0 N–H and O–H groups in total. The van der Waals surface area contributed by atoms with Gasteiger partial charge in [0.2, 0.25) is 0 Å². The lowest BCUT2D eigenvalue weighted by Gasteiger charge is -2.47. The molecule has 2 aliphatic rings. The van der Waals surface area contributed by atoms with Crippen LogP contribution in [-0.2, 0) is 36.0 Å². The fourth-order valence-corrected chi connectivity index (χ4v) is 15.0. The smallest absolute Gasteiger partial charge is 0.372 e. The molecule has 238 valence electrons. The summed E-state index contributed by atoms with van der Waals surface area (Å²) >= 11 is 0. The second kappa shape index (κ2) is 20.0. The Kier molecular flexibility index (Phi) is 18.5. The number of rotatable bonds is 23. The molecule has 12 heteroatoms. The van der Waals surface area contributed by atoms with Crippen LogP contribution in [0.2, 0.25) is 0 Å². The van der Waals surface area contributed by atoms with Crippen molar-refractivity contribution in [2.24, 2.45) is 0 Å². The topological polar surface area (TPSA) is 73.8 Å². The highest BCUT2D eigenvalue weighted by molar-refractivity contribution is 8.76. The molecule has 2 fully saturated rings. The molecule has 0 saturated carbocycles. The Balaban J connectivity index is 1.92. The third-order valence-electron chi connectivity index (χ3n) is 7.53. The van der Waals surface area contributed by atoms with E-state index in [1.54, 1.807) is 0 Å². The third-order valence-corrected chi connectivity index (χ3v) is 17.6. The van der Waals surface area contributed by atoms with Crippen LogP contribution < -0.4 is 0 Å². The Labute approximate surface area is 255 Å². The molecule has 40 heavy (non-hydrogen) atoms. The summed E-state index contributed by atoms with van der Waals surface area (Å²) in [4.78, 5) is 0. The summed E-state index contributed by atoms with van der Waals surface area (Å²) in [7, 11) is -2.06. The van der Waals surface area contributed by atoms with Gasteiger partial charge in [-0.1, -0.05) is 21.6 Å². The molecule has 2 unspecified atom stereocenters. The molecule has 0 bridgehead atoms. The number of ether oxygens (including phenoxy) is 2. The molecule has 0 radical (unpaired) electrons. The Bertz CT molecular complexity index is 564. The van der Waals surface area contributed by atoms with E-state index in [4.69, 9.17) is 36.0 Å². The first-order valence-corrected chi connectivity index (χ1v) is 21.8. The number of hydrogen-bond donors (Lipinski definition) is 0. The molecule has 2 atom stereocenters. The third kappa shape index (κ3) is 9.66. The molecule has 0 aliphatic carbocycles. The number of hydrogen-bond acceptors (Lipinski definition) is 10. The minimum atomic E-state index is -2.98. The maximum absolute atomic E-state index is 6.53. The summed E-state index contributed by atoms with van der Waals surface area (Å²) in [6.07, 6.45) is 10.2. The highest BCUT2D eigenvalue weighted by atomic mass is 33.1. The first-order chi connectivity index (χ1) is 19.5. The van der Waals surface area contributed by atoms with Crippen LogP contribution in [0.3, 0.4) is 0 Å². The molecular formula is C28H58O8S2Si2. The van der Waals surface area contributed by atoms with Crippen molar-refractivity contribution in [3.63, 3.8) is 0 Å². The lowest BCUT2D eigenvalue weighted by atomic mass is 10.0. The Morgan fingerprint density at radius 3 is 1.10 bits per heavy atom. The molecule has 0 aromatic heterocycles. The fraction of sp³-hybridized carbons (Fsp3) is 1.00. The fourth-order valence-electron chi connectivity index (χ4n) is 6.02. The largest absolute Gasteiger partial charge is 0.534 e. The zero-order chi connectivity index (χ0) is 29.2. The predicted molar refractivity (Wildman–Crippen MR) is 170 cm³/mol. The molecule has 2 heterocycles. The van der Waals surface area contributed by atoms with E-state index in [1.165, 1.54) is 0 Å². The van der Waals surface area contributed by atoms with Gasteiger partial charge in [0.15, 0.2) is 0 Å². The quantitative estimate of drug-likeness (QED) is 0.0662. The molecule has 2 rings (SSSR count). The molecule has 0 amide bonds. The van der Waals surface area contributed by atoms with Crippen molar-refractivity contribution < 1.29 is 36.0 Å². The minimum Gasteiger partial charge on any atom is -0.372 e. The highest BCUT2D eigenvalue weighted by Crippen LogP contribution is 2.42. The summed E-state index contributed by atoms with van der Waals surface area (Å²) < 4.78 is 51.0. The lowest BCUT2D eigenvalue weighted by molar-refractivity contribution is -0.0977. The van der Waals surface area contributed by atoms with E-state index in [1.807, 2.05) is 63.1 Å². The van der Waals surface area contributed by atoms with Crippen LogP contribution in [0.4, 0.5) is 0 Å². The Hall–Kier alpha value is 0.814. The average molecular weight is 643 g/mol. The van der Waals surface area contributed by atoms with Gasteiger partial charge in [-0.05, 0) is 106 Å². The van der Waals surface area contributed by atoms with Gasteiger partial charge in [-0.25, -0.2) is 0 Å². The molecule has 0 aromatic rings. The SMILES string of the molecule is CCO[Si](OCC)(OCC)C1(CCCSSCCCC2([Si](OCC)(OCC)OCC)CCCCO2)CCCCO1. The first kappa shape index (κ1) is 37.0. The van der Waals surface area contributed by atoms with E-state index in [0.29, 0.717) is 39.6 Å². The Morgan fingerprint density at radius 1 is 0.525 bits per heavy atom. The minimum absolute atomic E-state index is 0.436. The van der Waals surface area contributed by atoms with E-state index in [2.05, 4.69) is 0 Å². The molecule has 2 aliphatic heterocycles. The van der Waals surface area contributed by atoms with Crippen LogP contribution in [-0.4, -0.2) is 92.4 Å². The van der Waals surface area contributed by atoms with Gasteiger partial charge >= 0.3 is 17.6 Å². The lowest BCUT2D eigenvalue weighted by Crippen LogP contribution is -2.67. The molecular weight excluding hydrogens is 585 g/mol. The summed E-state index contributed by atoms with van der Waals surface area (Å²) in [6.45, 7) is 17.1. The zero-order valence-electron chi connectivity index (χ0n) is 26.2. The van der Waals surface area contributed by atoms with Gasteiger partial charge in [0, 0.05) is 64.4 Å². The molecule has 2 saturated heterocycles. The maximum atomic E-state index is 6.53. The highest BCUT2D eigenvalue weighted by Gasteiger charge is 2.63. The predicted octanol–water partition coefficient (Wildman–Crippen LogP) is 6.98. The van der Waals surface area contributed by atoms with Crippen LogP contribution in [0.5, 0.6) is 0 Å². The van der Waals surface area contributed by atoms with Crippen molar-refractivity contribution in [3.8, 4) is 0 Å². The maximum Gasteiger partial charge on any atom is 0.534 e. The van der Waals surface area contributed by atoms with Crippen molar-refractivity contribution in [3.05, 3.63) is 0 Å². The monoisotopic (exact) mass is 642 g/mol. The van der Waals surface area contributed by atoms with E-state index in [0.717, 1.165) is 88.9 Å². The first-order valence-electron chi connectivity index (χ1n) is 15.8. The van der Waals surface area contributed by atoms with Crippen molar-refractivity contribution in [2.75, 3.05) is 64.4 Å². The van der Waals surface area contributed by atoms with Crippen molar-refractivity contribution >= 4 is 39.2 Å². The summed E-state index contributed by atoms with van der Waals surface area (Å²) in [5, 5.41) is -0.871. The van der Waals surface area contributed by atoms with E-state index < -0.39 is 28.1 Å². The summed E-state index contributed by atoms with van der Waals surface area (Å²) in [5.41, 5.74) is 0. The van der Waals surface area contributed by atoms with Gasteiger partial charge in [0.25, 0.3) is 0 Å². The van der Waals surface area contributed by atoms with E-state index in [-0.39, 0.29) is 0 Å². The normalized spacial score (nSPS) is 24.4. The van der Waals surface area contributed by atoms with Gasteiger partial charge in [-0.15, -0.1) is 0 Å². The molecule has 8 nitrogen and oxygen atoms in total. The van der Waals surface area contributed by atoms with Crippen molar-refractivity contribution in [1.82, 2.24) is 0 Å². The second-order valence-corrected chi connectivity index (χ2v) is 18.6. The van der Waals surface area contributed by atoms with E-state index in [9.17, 15) is 0 Å². The molecule has 0 aromatic carbocycles. The van der Waals surface area contributed by atoms with E-state index >= 15 is 0 Å². The van der Waals surface area contributed by atoms with Gasteiger partial charge in [0.1, 0.15) is 10.4 Å². The van der Waals surface area contributed by atoms with Crippen molar-refractivity contribution in [2.45, 2.75) is 116 Å². The van der Waals surface area contributed by atoms with Gasteiger partial charge in [-0.2, -0.15) is 0 Å². The van der Waals surface area contributed by atoms with Crippen LogP contribution in [0.25, 0.3) is 0 Å². The van der Waals surface area contributed by atoms with Crippen molar-refractivity contribution in [1.29, 1.82) is 0 Å². The van der Waals surface area contributed by atoms with Crippen LogP contribution in [0.15, 0.2) is 0 Å². The zero-order valence-corrected chi connectivity index (χ0v) is 29.9. The van der Waals surface area contributed by atoms with Gasteiger partial charge in [-0.3, -0.25) is 0 Å². The van der Waals surface area contributed by atoms with Crippen LogP contribution >= 0.6 is 21.6 Å². The van der Waals surface area contributed by atoms with Crippen LogP contribution in [0.1, 0.15) is 106 Å². The van der Waals surface area contributed by atoms with Gasteiger partial charge in [0.05, 0.1) is 0 Å². The second-order valence-electron chi connectivity index (χ2n) is 10.2. The molecule has 0 spiro atoms. The summed E-state index contributed by atoms with van der Waals surface area (Å²) in [6, 6.07) is 0.